The fourth-order valence-electron chi connectivity index (χ4n) is 6.10. The van der Waals surface area contributed by atoms with Crippen LogP contribution in [0.15, 0.2) is 49.6 Å². The van der Waals surface area contributed by atoms with Crippen molar-refractivity contribution in [2.75, 3.05) is 39.6 Å². The highest BCUT2D eigenvalue weighted by Crippen LogP contribution is 2.45. The molecule has 1 unspecified atom stereocenters. The molecule has 3 rings (SSSR count). The van der Waals surface area contributed by atoms with Gasteiger partial charge in [0.25, 0.3) is 0 Å². The molecular formula is C42H63ClO6. The number of ether oxygens (including phenoxy) is 6. The normalized spacial score (nSPS) is 20.7. The number of halogens is 1. The van der Waals surface area contributed by atoms with Crippen LogP contribution in [0.25, 0.3) is 6.08 Å². The van der Waals surface area contributed by atoms with Crippen LogP contribution in [0, 0.1) is 0 Å². The Morgan fingerprint density at radius 2 is 1.33 bits per heavy atom. The molecule has 49 heavy (non-hydrogen) atoms. The number of hydrogen-bond acceptors (Lipinski definition) is 6. The second-order valence-corrected chi connectivity index (χ2v) is 13.3. The van der Waals surface area contributed by atoms with Crippen LogP contribution in [0.5, 0.6) is 5.75 Å². The van der Waals surface area contributed by atoms with E-state index >= 15 is 0 Å². The topological polar surface area (TPSA) is 55.4 Å². The lowest BCUT2D eigenvalue weighted by atomic mass is 9.86. The summed E-state index contributed by atoms with van der Waals surface area (Å²) in [7, 11) is 0. The minimum Gasteiger partial charge on any atom is -0.487 e. The Kier molecular flexibility index (Phi) is 19.6. The summed E-state index contributed by atoms with van der Waals surface area (Å²) in [5.74, 6) is 0.575. The van der Waals surface area contributed by atoms with Crippen molar-refractivity contribution < 1.29 is 28.4 Å². The van der Waals surface area contributed by atoms with Crippen molar-refractivity contribution in [2.24, 2.45) is 0 Å². The van der Waals surface area contributed by atoms with Gasteiger partial charge in [-0.2, -0.15) is 0 Å². The molecule has 2 aromatic carbocycles. The predicted molar refractivity (Wildman–Crippen MR) is 203 cm³/mol. The first-order chi connectivity index (χ1) is 24.0. The summed E-state index contributed by atoms with van der Waals surface area (Å²) in [5.41, 5.74) is 5.11. The van der Waals surface area contributed by atoms with Crippen LogP contribution < -0.4 is 4.74 Å². The Labute approximate surface area is 302 Å². The minimum atomic E-state index is -0.508. The van der Waals surface area contributed by atoms with Gasteiger partial charge in [-0.05, 0) is 60.8 Å². The van der Waals surface area contributed by atoms with E-state index in [9.17, 15) is 0 Å². The van der Waals surface area contributed by atoms with Gasteiger partial charge in [0.2, 0.25) is 0 Å². The van der Waals surface area contributed by atoms with E-state index < -0.39 is 12.2 Å². The highest BCUT2D eigenvalue weighted by Gasteiger charge is 2.49. The molecule has 0 aliphatic carbocycles. The zero-order valence-electron chi connectivity index (χ0n) is 31.0. The molecule has 0 aromatic heterocycles. The fourth-order valence-corrected chi connectivity index (χ4v) is 6.38. The second kappa shape index (κ2) is 23.3. The quantitative estimate of drug-likeness (QED) is 0.0760. The van der Waals surface area contributed by atoms with Crippen LogP contribution in [0.3, 0.4) is 0 Å². The first-order valence-electron chi connectivity index (χ1n) is 18.8. The number of hydrogen-bond donors (Lipinski definition) is 0. The smallest absolute Gasteiger partial charge is 0.146 e. The summed E-state index contributed by atoms with van der Waals surface area (Å²) in [5, 5.41) is 0.565. The van der Waals surface area contributed by atoms with Crippen molar-refractivity contribution >= 4 is 17.7 Å². The molecule has 5 atom stereocenters. The first-order valence-corrected chi connectivity index (χ1v) is 19.2. The molecule has 1 saturated heterocycles. The van der Waals surface area contributed by atoms with Gasteiger partial charge in [0.05, 0.1) is 11.6 Å². The van der Waals surface area contributed by atoms with E-state index in [1.54, 1.807) is 6.08 Å². The van der Waals surface area contributed by atoms with Crippen molar-refractivity contribution in [2.45, 2.75) is 129 Å². The SMILES string of the molecule is C=CCOc1c(Cl)c(Cc2ccc(CC)cc2)cc(C2O[C@H](COCCCC)[C@@H](OCCCC)[C@H](OCCCC)[C@H]2OCCCC)c1C=C. The molecule has 0 saturated carbocycles. The van der Waals surface area contributed by atoms with Crippen molar-refractivity contribution in [3.05, 3.63) is 82.4 Å². The van der Waals surface area contributed by atoms with E-state index in [1.165, 1.54) is 11.1 Å². The third-order valence-electron chi connectivity index (χ3n) is 9.03. The van der Waals surface area contributed by atoms with E-state index in [-0.39, 0.29) is 18.3 Å². The number of unbranched alkanes of at least 4 members (excludes halogenated alkanes) is 4. The first kappa shape index (κ1) is 41.2. The summed E-state index contributed by atoms with van der Waals surface area (Å²) in [6.07, 6.45) is 11.1. The maximum Gasteiger partial charge on any atom is 0.146 e. The lowest BCUT2D eigenvalue weighted by Crippen LogP contribution is -2.58. The van der Waals surface area contributed by atoms with Gasteiger partial charge in [0.15, 0.2) is 0 Å². The molecule has 1 heterocycles. The molecule has 7 heteroatoms. The Morgan fingerprint density at radius 3 is 1.90 bits per heavy atom. The van der Waals surface area contributed by atoms with Gasteiger partial charge in [-0.25, -0.2) is 0 Å². The highest BCUT2D eigenvalue weighted by atomic mass is 35.5. The zero-order chi connectivity index (χ0) is 35.4. The number of rotatable bonds is 25. The average Bonchev–Trinajstić information content (AvgIpc) is 3.12. The average molecular weight is 699 g/mol. The molecule has 0 radical (unpaired) electrons. The van der Waals surface area contributed by atoms with Crippen LogP contribution in [-0.2, 0) is 36.5 Å². The summed E-state index contributed by atoms with van der Waals surface area (Å²) in [4.78, 5) is 0. The zero-order valence-corrected chi connectivity index (χ0v) is 31.7. The molecular weight excluding hydrogens is 636 g/mol. The third-order valence-corrected chi connectivity index (χ3v) is 9.45. The lowest BCUT2D eigenvalue weighted by Gasteiger charge is -2.47. The van der Waals surface area contributed by atoms with Gasteiger partial charge < -0.3 is 28.4 Å². The Bertz CT molecular complexity index is 1230. The fraction of sp³-hybridized carbons (Fsp3) is 0.619. The van der Waals surface area contributed by atoms with E-state index in [0.717, 1.165) is 74.5 Å². The molecule has 0 N–H and O–H groups in total. The van der Waals surface area contributed by atoms with Crippen molar-refractivity contribution in [3.8, 4) is 5.75 Å². The second-order valence-electron chi connectivity index (χ2n) is 12.9. The van der Waals surface area contributed by atoms with Gasteiger partial charge in [0.1, 0.15) is 42.9 Å². The molecule has 0 spiro atoms. The Balaban J connectivity index is 2.20. The Morgan fingerprint density at radius 1 is 0.755 bits per heavy atom. The predicted octanol–water partition coefficient (Wildman–Crippen LogP) is 10.5. The van der Waals surface area contributed by atoms with Gasteiger partial charge in [-0.1, -0.05) is 128 Å². The molecule has 6 nitrogen and oxygen atoms in total. The van der Waals surface area contributed by atoms with Crippen molar-refractivity contribution in [1.82, 2.24) is 0 Å². The minimum absolute atomic E-state index is 0.306. The summed E-state index contributed by atoms with van der Waals surface area (Å²) >= 11 is 7.18. The standard InChI is InChI=1S/C42H63ClO6/c1-8-15-24-44-30-36-40(46-25-16-9-2)42(48-27-18-11-4)41(47-26-17-10-3)39(49-36)35-29-33(28-32-21-19-31(13-6)20-22-32)37(43)38(34(35)14-7)45-23-12-5/h12,14,19-22,29,36,39-42H,5,7-11,13,15-18,23-28,30H2,1-4,6H3/t36-,39?,40-,41+,42+/m1/s1. The van der Waals surface area contributed by atoms with Crippen molar-refractivity contribution in [3.63, 3.8) is 0 Å². The van der Waals surface area contributed by atoms with Crippen molar-refractivity contribution in [1.29, 1.82) is 0 Å². The monoisotopic (exact) mass is 698 g/mol. The van der Waals surface area contributed by atoms with Gasteiger partial charge >= 0.3 is 0 Å². The number of aryl methyl sites for hydroxylation is 1. The van der Waals surface area contributed by atoms with E-state index in [0.29, 0.717) is 56.8 Å². The van der Waals surface area contributed by atoms with E-state index in [1.807, 2.05) is 6.08 Å². The van der Waals surface area contributed by atoms with Gasteiger partial charge in [0, 0.05) is 32.0 Å². The molecule has 1 fully saturated rings. The van der Waals surface area contributed by atoms with Crippen LogP contribution in [-0.4, -0.2) is 64.1 Å². The van der Waals surface area contributed by atoms with E-state index in [2.05, 4.69) is 78.1 Å². The van der Waals surface area contributed by atoms with Crippen LogP contribution in [0.1, 0.15) is 120 Å². The maximum absolute atomic E-state index is 7.18. The highest BCUT2D eigenvalue weighted by molar-refractivity contribution is 6.33. The summed E-state index contributed by atoms with van der Waals surface area (Å²) in [6.45, 7) is 22.2. The largest absolute Gasteiger partial charge is 0.487 e. The van der Waals surface area contributed by atoms with E-state index in [4.69, 9.17) is 40.0 Å². The molecule has 2 aromatic rings. The summed E-state index contributed by atoms with van der Waals surface area (Å²) in [6, 6.07) is 10.9. The Hall–Kier alpha value is -2.19. The maximum atomic E-state index is 7.18. The number of benzene rings is 2. The molecule has 0 bridgehead atoms. The van der Waals surface area contributed by atoms with Gasteiger partial charge in [-0.15, -0.1) is 0 Å². The van der Waals surface area contributed by atoms with Gasteiger partial charge in [-0.3, -0.25) is 0 Å². The molecule has 1 aliphatic heterocycles. The third kappa shape index (κ3) is 12.2. The lowest BCUT2D eigenvalue weighted by molar-refractivity contribution is -0.268. The molecule has 1 aliphatic rings. The van der Waals surface area contributed by atoms with Crippen LogP contribution in [0.2, 0.25) is 5.02 Å². The molecule has 0 amide bonds. The molecule has 274 valence electrons. The van der Waals surface area contributed by atoms with Crippen LogP contribution >= 0.6 is 11.6 Å². The summed E-state index contributed by atoms with van der Waals surface area (Å²) < 4.78 is 39.9. The van der Waals surface area contributed by atoms with Crippen LogP contribution in [0.4, 0.5) is 0 Å².